The van der Waals surface area contributed by atoms with Crippen LogP contribution in [-0.4, -0.2) is 26.0 Å². The van der Waals surface area contributed by atoms with E-state index in [-0.39, 0.29) is 5.75 Å². The van der Waals surface area contributed by atoms with Crippen molar-refractivity contribution in [2.45, 2.75) is 25.3 Å². The molecule has 1 N–H and O–H groups in total. The molecule has 0 aliphatic carbocycles. The van der Waals surface area contributed by atoms with Gasteiger partial charge in [-0.25, -0.2) is 13.2 Å². The van der Waals surface area contributed by atoms with Gasteiger partial charge in [-0.1, -0.05) is 6.07 Å². The highest BCUT2D eigenvalue weighted by molar-refractivity contribution is 5.30. The molecule has 0 spiro atoms. The molecule has 0 saturated heterocycles. The molecule has 1 atom stereocenters. The number of rotatable bonds is 6. The molecule has 0 heterocycles. The zero-order valence-electron chi connectivity index (χ0n) is 10.4. The Hall–Kier alpha value is -1.37. The number of halogens is 5. The van der Waals surface area contributed by atoms with E-state index in [9.17, 15) is 22.0 Å². The van der Waals surface area contributed by atoms with Gasteiger partial charge in [-0.15, -0.1) is 0 Å². The summed E-state index contributed by atoms with van der Waals surface area (Å²) < 4.78 is 67.5. The van der Waals surface area contributed by atoms with Crippen molar-refractivity contribution in [2.24, 2.45) is 0 Å². The van der Waals surface area contributed by atoms with E-state index in [1.54, 1.807) is 0 Å². The van der Waals surface area contributed by atoms with Crippen LogP contribution in [0.2, 0.25) is 0 Å². The molecular formula is C12H14F5NO. The Morgan fingerprint density at radius 2 is 1.95 bits per heavy atom. The lowest BCUT2D eigenvalue weighted by Crippen LogP contribution is -2.39. The quantitative estimate of drug-likeness (QED) is 0.808. The van der Waals surface area contributed by atoms with Gasteiger partial charge in [0.05, 0.1) is 13.7 Å². The fourth-order valence-electron chi connectivity index (χ4n) is 1.44. The SMILES string of the molecule is COc1ccc(C(C)NCC(F)(F)C(F)F)cc1F. The van der Waals surface area contributed by atoms with Gasteiger partial charge in [-0.3, -0.25) is 0 Å². The second kappa shape index (κ2) is 6.18. The van der Waals surface area contributed by atoms with E-state index in [0.717, 1.165) is 6.07 Å². The molecule has 19 heavy (non-hydrogen) atoms. The molecule has 108 valence electrons. The van der Waals surface area contributed by atoms with E-state index in [2.05, 4.69) is 5.32 Å². The lowest BCUT2D eigenvalue weighted by Gasteiger charge is -2.20. The molecule has 0 fully saturated rings. The number of benzene rings is 1. The van der Waals surface area contributed by atoms with E-state index >= 15 is 0 Å². The number of hydrogen-bond donors (Lipinski definition) is 1. The van der Waals surface area contributed by atoms with E-state index in [1.165, 1.54) is 26.2 Å². The van der Waals surface area contributed by atoms with Gasteiger partial charge in [0.1, 0.15) is 0 Å². The van der Waals surface area contributed by atoms with Crippen molar-refractivity contribution in [2.75, 3.05) is 13.7 Å². The Bertz CT molecular complexity index is 425. The maximum Gasteiger partial charge on any atom is 0.319 e. The molecule has 0 aromatic heterocycles. The van der Waals surface area contributed by atoms with Gasteiger partial charge in [0.2, 0.25) is 0 Å². The standard InChI is InChI=1S/C12H14F5NO/c1-7(18-6-12(16,17)11(14)15)8-3-4-10(19-2)9(13)5-8/h3-5,7,11,18H,6H2,1-2H3. The summed E-state index contributed by atoms with van der Waals surface area (Å²) in [6, 6.07) is 3.23. The van der Waals surface area contributed by atoms with Crippen LogP contribution < -0.4 is 10.1 Å². The fraction of sp³-hybridized carbons (Fsp3) is 0.500. The summed E-state index contributed by atoms with van der Waals surface area (Å²) in [6.45, 7) is 0.294. The Labute approximate surface area is 107 Å². The van der Waals surface area contributed by atoms with Gasteiger partial charge < -0.3 is 10.1 Å². The molecule has 0 aliphatic heterocycles. The van der Waals surface area contributed by atoms with Crippen LogP contribution in [-0.2, 0) is 0 Å². The number of ether oxygens (including phenoxy) is 1. The van der Waals surface area contributed by atoms with E-state index in [1.807, 2.05) is 0 Å². The number of alkyl halides is 4. The smallest absolute Gasteiger partial charge is 0.319 e. The van der Waals surface area contributed by atoms with Crippen LogP contribution in [0.15, 0.2) is 18.2 Å². The average molecular weight is 283 g/mol. The monoisotopic (exact) mass is 283 g/mol. The number of hydrogen-bond acceptors (Lipinski definition) is 2. The second-order valence-electron chi connectivity index (χ2n) is 4.06. The lowest BCUT2D eigenvalue weighted by atomic mass is 10.1. The summed E-state index contributed by atoms with van der Waals surface area (Å²) in [5, 5.41) is 2.25. The maximum atomic E-state index is 13.4. The Balaban J connectivity index is 2.68. The van der Waals surface area contributed by atoms with Gasteiger partial charge in [0.15, 0.2) is 11.6 Å². The number of nitrogens with one attached hydrogen (secondary N) is 1. The van der Waals surface area contributed by atoms with E-state index in [4.69, 9.17) is 4.74 Å². The zero-order valence-corrected chi connectivity index (χ0v) is 10.4. The molecule has 0 aliphatic rings. The molecule has 1 aromatic carbocycles. The van der Waals surface area contributed by atoms with Crippen LogP contribution in [0.1, 0.15) is 18.5 Å². The minimum absolute atomic E-state index is 0.0221. The Morgan fingerprint density at radius 3 is 2.42 bits per heavy atom. The zero-order chi connectivity index (χ0) is 14.6. The average Bonchev–Trinajstić information content (AvgIpc) is 2.35. The summed E-state index contributed by atoms with van der Waals surface area (Å²) in [5.74, 6) is -4.73. The van der Waals surface area contributed by atoms with Crippen molar-refractivity contribution >= 4 is 0 Å². The van der Waals surface area contributed by atoms with Gasteiger partial charge in [0.25, 0.3) is 0 Å². The van der Waals surface area contributed by atoms with Crippen molar-refractivity contribution in [3.63, 3.8) is 0 Å². The molecule has 1 unspecified atom stereocenters. The minimum Gasteiger partial charge on any atom is -0.494 e. The molecule has 1 aromatic rings. The van der Waals surface area contributed by atoms with Crippen molar-refractivity contribution in [1.29, 1.82) is 0 Å². The minimum atomic E-state index is -4.11. The predicted molar refractivity (Wildman–Crippen MR) is 60.3 cm³/mol. The number of methoxy groups -OCH3 is 1. The Kier molecular flexibility index (Phi) is 5.11. The predicted octanol–water partition coefficient (Wildman–Crippen LogP) is 3.39. The van der Waals surface area contributed by atoms with Crippen molar-refractivity contribution < 1.29 is 26.7 Å². The van der Waals surface area contributed by atoms with Gasteiger partial charge in [-0.05, 0) is 24.6 Å². The topological polar surface area (TPSA) is 21.3 Å². The largest absolute Gasteiger partial charge is 0.494 e. The summed E-state index contributed by atoms with van der Waals surface area (Å²) in [6.07, 6.45) is -3.74. The molecule has 1 rings (SSSR count). The normalized spacial score (nSPS) is 13.7. The van der Waals surface area contributed by atoms with Crippen molar-refractivity contribution in [3.05, 3.63) is 29.6 Å². The van der Waals surface area contributed by atoms with Crippen LogP contribution in [0.5, 0.6) is 5.75 Å². The van der Waals surface area contributed by atoms with Gasteiger partial charge in [-0.2, -0.15) is 8.78 Å². The van der Waals surface area contributed by atoms with E-state index < -0.39 is 30.8 Å². The second-order valence-corrected chi connectivity index (χ2v) is 4.06. The first kappa shape index (κ1) is 15.7. The first-order valence-electron chi connectivity index (χ1n) is 5.50. The highest BCUT2D eigenvalue weighted by atomic mass is 19.3. The highest BCUT2D eigenvalue weighted by Crippen LogP contribution is 2.25. The van der Waals surface area contributed by atoms with Crippen LogP contribution in [0.25, 0.3) is 0 Å². The third-order valence-electron chi connectivity index (χ3n) is 2.64. The fourth-order valence-corrected chi connectivity index (χ4v) is 1.44. The third kappa shape index (κ3) is 4.05. The summed E-state index contributed by atoms with van der Waals surface area (Å²) >= 11 is 0. The van der Waals surface area contributed by atoms with Gasteiger partial charge in [0, 0.05) is 6.04 Å². The summed E-state index contributed by atoms with van der Waals surface area (Å²) in [5.41, 5.74) is 0.364. The maximum absolute atomic E-state index is 13.4. The van der Waals surface area contributed by atoms with Crippen LogP contribution in [0.4, 0.5) is 22.0 Å². The molecule has 0 saturated carbocycles. The highest BCUT2D eigenvalue weighted by Gasteiger charge is 2.40. The summed E-state index contributed by atoms with van der Waals surface area (Å²) in [7, 11) is 1.29. The molecular weight excluding hydrogens is 269 g/mol. The van der Waals surface area contributed by atoms with Crippen molar-refractivity contribution in [1.82, 2.24) is 5.32 Å². The van der Waals surface area contributed by atoms with Crippen LogP contribution in [0.3, 0.4) is 0 Å². The van der Waals surface area contributed by atoms with E-state index in [0.29, 0.717) is 5.56 Å². The summed E-state index contributed by atoms with van der Waals surface area (Å²) in [4.78, 5) is 0. The molecule has 2 nitrogen and oxygen atoms in total. The molecule has 0 radical (unpaired) electrons. The first-order valence-corrected chi connectivity index (χ1v) is 5.50. The Morgan fingerprint density at radius 1 is 1.32 bits per heavy atom. The van der Waals surface area contributed by atoms with Gasteiger partial charge >= 0.3 is 12.3 Å². The van der Waals surface area contributed by atoms with Crippen LogP contribution in [0, 0.1) is 5.82 Å². The van der Waals surface area contributed by atoms with Crippen molar-refractivity contribution in [3.8, 4) is 5.75 Å². The molecule has 0 amide bonds. The third-order valence-corrected chi connectivity index (χ3v) is 2.64. The molecule has 0 bridgehead atoms. The molecule has 7 heteroatoms. The first-order chi connectivity index (χ1) is 8.77. The van der Waals surface area contributed by atoms with Crippen LogP contribution >= 0.6 is 0 Å². The lowest BCUT2D eigenvalue weighted by molar-refractivity contribution is -0.126.